The van der Waals surface area contributed by atoms with E-state index in [1.54, 1.807) is 11.6 Å². The van der Waals surface area contributed by atoms with Crippen LogP contribution in [0.5, 0.6) is 0 Å². The highest BCUT2D eigenvalue weighted by atomic mass is 35.5. The van der Waals surface area contributed by atoms with Gasteiger partial charge >= 0.3 is 0 Å². The molecular formula is C13H14ClN3O. The van der Waals surface area contributed by atoms with E-state index in [-0.39, 0.29) is 5.91 Å². The van der Waals surface area contributed by atoms with E-state index < -0.39 is 5.38 Å². The van der Waals surface area contributed by atoms with Crippen LogP contribution < -0.4 is 5.32 Å². The van der Waals surface area contributed by atoms with Crippen molar-refractivity contribution in [3.05, 3.63) is 36.5 Å². The van der Waals surface area contributed by atoms with Crippen molar-refractivity contribution in [1.29, 1.82) is 0 Å². The Hall–Kier alpha value is -1.81. The number of alkyl halides is 1. The number of carbonyl (C=O) groups is 1. The van der Waals surface area contributed by atoms with E-state index in [1.165, 1.54) is 0 Å². The second-order valence-electron chi connectivity index (χ2n) is 4.06. The first-order chi connectivity index (χ1) is 8.56. The van der Waals surface area contributed by atoms with Crippen LogP contribution in [0.2, 0.25) is 0 Å². The molecule has 1 heterocycles. The number of nitrogens with zero attached hydrogens (tertiary/aromatic N) is 2. The summed E-state index contributed by atoms with van der Waals surface area (Å²) in [5, 5.41) is 6.50. The van der Waals surface area contributed by atoms with Crippen molar-refractivity contribution < 1.29 is 4.79 Å². The number of amides is 1. The quantitative estimate of drug-likeness (QED) is 0.866. The van der Waals surface area contributed by atoms with Gasteiger partial charge in [-0.05, 0) is 25.1 Å². The third kappa shape index (κ3) is 2.90. The van der Waals surface area contributed by atoms with Crippen molar-refractivity contribution in [1.82, 2.24) is 9.78 Å². The minimum Gasteiger partial charge on any atom is -0.325 e. The van der Waals surface area contributed by atoms with E-state index in [0.29, 0.717) is 0 Å². The van der Waals surface area contributed by atoms with Gasteiger partial charge in [-0.25, -0.2) is 0 Å². The molecule has 0 saturated heterocycles. The van der Waals surface area contributed by atoms with E-state index in [2.05, 4.69) is 10.4 Å². The Kier molecular flexibility index (Phi) is 3.67. The smallest absolute Gasteiger partial charge is 0.242 e. The molecule has 18 heavy (non-hydrogen) atoms. The fourth-order valence-corrected chi connectivity index (χ4v) is 1.59. The molecule has 0 radical (unpaired) electrons. The molecule has 2 aromatic rings. The van der Waals surface area contributed by atoms with Gasteiger partial charge in [-0.1, -0.05) is 12.1 Å². The van der Waals surface area contributed by atoms with Gasteiger partial charge in [0.25, 0.3) is 0 Å². The van der Waals surface area contributed by atoms with Gasteiger partial charge in [-0.2, -0.15) is 5.10 Å². The summed E-state index contributed by atoms with van der Waals surface area (Å²) in [4.78, 5) is 11.4. The third-order valence-electron chi connectivity index (χ3n) is 2.52. The molecule has 0 saturated carbocycles. The first-order valence-corrected chi connectivity index (χ1v) is 6.05. The molecule has 1 aromatic carbocycles. The van der Waals surface area contributed by atoms with Gasteiger partial charge in [-0.15, -0.1) is 11.6 Å². The third-order valence-corrected chi connectivity index (χ3v) is 2.72. The van der Waals surface area contributed by atoms with Crippen molar-refractivity contribution in [3.63, 3.8) is 0 Å². The SMILES string of the molecule is C[C@H](Cl)C(=O)Nc1ccc(-c2ccn(C)n2)cc1. The molecule has 0 aliphatic heterocycles. The van der Waals surface area contributed by atoms with E-state index in [4.69, 9.17) is 11.6 Å². The molecule has 1 atom stereocenters. The lowest BCUT2D eigenvalue weighted by atomic mass is 10.1. The fraction of sp³-hybridized carbons (Fsp3) is 0.231. The van der Waals surface area contributed by atoms with Gasteiger partial charge in [0.2, 0.25) is 5.91 Å². The summed E-state index contributed by atoms with van der Waals surface area (Å²) < 4.78 is 1.75. The van der Waals surface area contributed by atoms with Crippen LogP contribution in [0.4, 0.5) is 5.69 Å². The summed E-state index contributed by atoms with van der Waals surface area (Å²) >= 11 is 5.68. The molecule has 1 N–H and O–H groups in total. The van der Waals surface area contributed by atoms with Crippen molar-refractivity contribution in [3.8, 4) is 11.3 Å². The van der Waals surface area contributed by atoms with Gasteiger partial charge in [0.1, 0.15) is 5.38 Å². The monoisotopic (exact) mass is 263 g/mol. The number of rotatable bonds is 3. The van der Waals surface area contributed by atoms with E-state index in [9.17, 15) is 4.79 Å². The first kappa shape index (κ1) is 12.6. The zero-order valence-electron chi connectivity index (χ0n) is 10.2. The topological polar surface area (TPSA) is 46.9 Å². The number of benzene rings is 1. The van der Waals surface area contributed by atoms with Crippen LogP contribution in [0.1, 0.15) is 6.92 Å². The summed E-state index contributed by atoms with van der Waals surface area (Å²) in [7, 11) is 1.87. The van der Waals surface area contributed by atoms with Crippen molar-refractivity contribution in [2.24, 2.45) is 7.05 Å². The van der Waals surface area contributed by atoms with Crippen molar-refractivity contribution in [2.45, 2.75) is 12.3 Å². The average molecular weight is 264 g/mol. The zero-order chi connectivity index (χ0) is 13.1. The number of halogens is 1. The lowest BCUT2D eigenvalue weighted by Gasteiger charge is -2.06. The summed E-state index contributed by atoms with van der Waals surface area (Å²) in [5.74, 6) is -0.206. The standard InChI is InChI=1S/C13H14ClN3O/c1-9(14)13(18)15-11-5-3-10(4-6-11)12-7-8-17(2)16-12/h3-9H,1-2H3,(H,15,18)/t9-/m0/s1. The Morgan fingerprint density at radius 2 is 2.00 bits per heavy atom. The van der Waals surface area contributed by atoms with Gasteiger partial charge < -0.3 is 5.32 Å². The Labute approximate surface area is 111 Å². The van der Waals surface area contributed by atoms with E-state index >= 15 is 0 Å². The highest BCUT2D eigenvalue weighted by Crippen LogP contribution is 2.19. The Morgan fingerprint density at radius 3 is 2.50 bits per heavy atom. The highest BCUT2D eigenvalue weighted by Gasteiger charge is 2.09. The van der Waals surface area contributed by atoms with Crippen LogP contribution in [0.25, 0.3) is 11.3 Å². The first-order valence-electron chi connectivity index (χ1n) is 5.61. The van der Waals surface area contributed by atoms with Gasteiger partial charge in [0.15, 0.2) is 0 Å². The second kappa shape index (κ2) is 5.23. The van der Waals surface area contributed by atoms with Crippen LogP contribution in [-0.2, 0) is 11.8 Å². The maximum atomic E-state index is 11.4. The Bertz CT molecular complexity index is 546. The van der Waals surface area contributed by atoms with E-state index in [1.807, 2.05) is 43.6 Å². The Balaban J connectivity index is 2.13. The molecule has 0 aliphatic rings. The lowest BCUT2D eigenvalue weighted by molar-refractivity contribution is -0.115. The van der Waals surface area contributed by atoms with Crippen LogP contribution in [0, 0.1) is 0 Å². The number of nitrogens with one attached hydrogen (secondary N) is 1. The van der Waals surface area contributed by atoms with Crippen LogP contribution >= 0.6 is 11.6 Å². The van der Waals surface area contributed by atoms with Crippen LogP contribution in [0.3, 0.4) is 0 Å². The highest BCUT2D eigenvalue weighted by molar-refractivity contribution is 6.32. The van der Waals surface area contributed by atoms with E-state index in [0.717, 1.165) is 16.9 Å². The number of aryl methyl sites for hydroxylation is 1. The molecule has 0 spiro atoms. The molecule has 0 fully saturated rings. The average Bonchev–Trinajstić information content (AvgIpc) is 2.76. The normalized spacial score (nSPS) is 12.2. The number of anilines is 1. The van der Waals surface area contributed by atoms with Gasteiger partial charge in [0, 0.05) is 24.5 Å². The Morgan fingerprint density at radius 1 is 1.33 bits per heavy atom. The number of hydrogen-bond acceptors (Lipinski definition) is 2. The van der Waals surface area contributed by atoms with Crippen molar-refractivity contribution >= 4 is 23.2 Å². The molecule has 1 amide bonds. The number of hydrogen-bond donors (Lipinski definition) is 1. The molecule has 0 aliphatic carbocycles. The maximum absolute atomic E-state index is 11.4. The summed E-state index contributed by atoms with van der Waals surface area (Å²) in [5.41, 5.74) is 2.64. The van der Waals surface area contributed by atoms with Gasteiger partial charge in [-0.3, -0.25) is 9.48 Å². The fourth-order valence-electron chi connectivity index (χ4n) is 1.54. The largest absolute Gasteiger partial charge is 0.325 e. The zero-order valence-corrected chi connectivity index (χ0v) is 11.0. The second-order valence-corrected chi connectivity index (χ2v) is 4.71. The van der Waals surface area contributed by atoms with Crippen LogP contribution in [-0.4, -0.2) is 21.1 Å². The van der Waals surface area contributed by atoms with Gasteiger partial charge in [0.05, 0.1) is 5.69 Å². The van der Waals surface area contributed by atoms with Crippen LogP contribution in [0.15, 0.2) is 36.5 Å². The molecule has 4 nitrogen and oxygen atoms in total. The predicted molar refractivity (Wildman–Crippen MR) is 72.6 cm³/mol. The molecule has 94 valence electrons. The number of carbonyl (C=O) groups excluding carboxylic acids is 1. The molecule has 2 rings (SSSR count). The molecule has 5 heteroatoms. The number of aromatic nitrogens is 2. The molecule has 1 aromatic heterocycles. The maximum Gasteiger partial charge on any atom is 0.242 e. The molecule has 0 unspecified atom stereocenters. The predicted octanol–water partition coefficient (Wildman–Crippen LogP) is 2.65. The minimum absolute atomic E-state index is 0.206. The van der Waals surface area contributed by atoms with Crippen molar-refractivity contribution in [2.75, 3.05) is 5.32 Å². The summed E-state index contributed by atoms with van der Waals surface area (Å²) in [6.45, 7) is 1.64. The summed E-state index contributed by atoms with van der Waals surface area (Å²) in [6, 6.07) is 9.43. The lowest BCUT2D eigenvalue weighted by Crippen LogP contribution is -2.20. The minimum atomic E-state index is -0.541. The summed E-state index contributed by atoms with van der Waals surface area (Å²) in [6.07, 6.45) is 1.89. The molecule has 0 bridgehead atoms. The molecular weight excluding hydrogens is 250 g/mol.